The highest BCUT2D eigenvalue weighted by Gasteiger charge is 2.27. The van der Waals surface area contributed by atoms with Crippen molar-refractivity contribution in [2.75, 3.05) is 31.1 Å². The van der Waals surface area contributed by atoms with Gasteiger partial charge in [-0.05, 0) is 44.5 Å². The Bertz CT molecular complexity index is 1440. The predicted octanol–water partition coefficient (Wildman–Crippen LogP) is 3.55. The standard InChI is InChI=1S/C26H27N5O3S/c1-17-6-4-8-20(14-17)24-28-31-23(32)16-22(27-26(31)35-24)29-10-12-30(13-11-29)25(33)19(3)34-21-9-5-7-18(2)15-21/h4-9,14-16,19H,10-13H2,1-3H3. The molecule has 9 heteroatoms. The highest BCUT2D eigenvalue weighted by atomic mass is 32.1. The number of fused-ring (bicyclic) bond motifs is 1. The molecule has 8 nitrogen and oxygen atoms in total. The van der Waals surface area contributed by atoms with Crippen molar-refractivity contribution in [3.8, 4) is 16.3 Å². The van der Waals surface area contributed by atoms with Crippen LogP contribution < -0.4 is 15.2 Å². The van der Waals surface area contributed by atoms with Crippen LogP contribution in [0.1, 0.15) is 18.1 Å². The molecule has 1 saturated heterocycles. The van der Waals surface area contributed by atoms with Crippen LogP contribution in [0.2, 0.25) is 0 Å². The predicted molar refractivity (Wildman–Crippen MR) is 137 cm³/mol. The summed E-state index contributed by atoms with van der Waals surface area (Å²) in [4.78, 5) is 34.8. The topological polar surface area (TPSA) is 80.0 Å². The number of hydrogen-bond acceptors (Lipinski definition) is 7. The second kappa shape index (κ2) is 9.50. The second-order valence-electron chi connectivity index (χ2n) is 8.81. The van der Waals surface area contributed by atoms with Gasteiger partial charge in [-0.15, -0.1) is 0 Å². The van der Waals surface area contributed by atoms with Crippen LogP contribution in [0.25, 0.3) is 15.5 Å². The third kappa shape index (κ3) is 4.90. The maximum atomic E-state index is 12.9. The Morgan fingerprint density at radius 2 is 1.71 bits per heavy atom. The van der Waals surface area contributed by atoms with Crippen molar-refractivity contribution in [2.24, 2.45) is 0 Å². The lowest BCUT2D eigenvalue weighted by atomic mass is 10.1. The summed E-state index contributed by atoms with van der Waals surface area (Å²) in [6, 6.07) is 17.2. The van der Waals surface area contributed by atoms with Crippen LogP contribution in [0.3, 0.4) is 0 Å². The number of carbonyl (C=O) groups excluding carboxylic acids is 1. The van der Waals surface area contributed by atoms with E-state index in [-0.39, 0.29) is 11.5 Å². The molecular weight excluding hydrogens is 462 g/mol. The van der Waals surface area contributed by atoms with Crippen LogP contribution >= 0.6 is 11.3 Å². The minimum atomic E-state index is -0.570. The van der Waals surface area contributed by atoms with E-state index < -0.39 is 6.10 Å². The number of nitrogens with zero attached hydrogens (tertiary/aromatic N) is 5. The molecule has 2 aromatic carbocycles. The molecule has 0 N–H and O–H groups in total. The lowest BCUT2D eigenvalue weighted by Crippen LogP contribution is -2.52. The van der Waals surface area contributed by atoms with Crippen molar-refractivity contribution < 1.29 is 9.53 Å². The number of aryl methyl sites for hydroxylation is 2. The van der Waals surface area contributed by atoms with Gasteiger partial charge in [-0.2, -0.15) is 9.61 Å². The fourth-order valence-corrected chi connectivity index (χ4v) is 5.11. The molecular formula is C26H27N5O3S. The largest absolute Gasteiger partial charge is 0.481 e. The van der Waals surface area contributed by atoms with E-state index in [0.29, 0.717) is 42.7 Å². The van der Waals surface area contributed by atoms with Gasteiger partial charge in [0.2, 0.25) is 4.96 Å². The maximum absolute atomic E-state index is 12.9. The van der Waals surface area contributed by atoms with Crippen LogP contribution in [0.15, 0.2) is 59.4 Å². The maximum Gasteiger partial charge on any atom is 0.277 e. The van der Waals surface area contributed by atoms with E-state index >= 15 is 0 Å². The average Bonchev–Trinajstić information content (AvgIpc) is 3.29. The molecule has 0 radical (unpaired) electrons. The quantitative estimate of drug-likeness (QED) is 0.427. The van der Waals surface area contributed by atoms with Gasteiger partial charge in [-0.1, -0.05) is 47.2 Å². The molecule has 3 heterocycles. The van der Waals surface area contributed by atoms with Crippen molar-refractivity contribution in [1.29, 1.82) is 0 Å². The molecule has 4 aromatic rings. The van der Waals surface area contributed by atoms with E-state index in [0.717, 1.165) is 21.7 Å². The zero-order chi connectivity index (χ0) is 24.5. The molecule has 0 spiro atoms. The van der Waals surface area contributed by atoms with Gasteiger partial charge in [0.05, 0.1) is 0 Å². The van der Waals surface area contributed by atoms with E-state index in [1.54, 1.807) is 6.92 Å². The first-order chi connectivity index (χ1) is 16.9. The van der Waals surface area contributed by atoms with Gasteiger partial charge in [0, 0.05) is 37.8 Å². The molecule has 1 unspecified atom stereocenters. The monoisotopic (exact) mass is 489 g/mol. The average molecular weight is 490 g/mol. The van der Waals surface area contributed by atoms with Crippen LogP contribution in [0, 0.1) is 13.8 Å². The molecule has 5 rings (SSSR count). The molecule has 1 aliphatic heterocycles. The number of aromatic nitrogens is 3. The van der Waals surface area contributed by atoms with Gasteiger partial charge in [-0.3, -0.25) is 9.59 Å². The summed E-state index contributed by atoms with van der Waals surface area (Å²) in [7, 11) is 0. The van der Waals surface area contributed by atoms with Crippen molar-refractivity contribution in [1.82, 2.24) is 19.5 Å². The molecule has 1 amide bonds. The molecule has 0 bridgehead atoms. The first-order valence-corrected chi connectivity index (χ1v) is 12.4. The zero-order valence-corrected chi connectivity index (χ0v) is 20.8. The minimum absolute atomic E-state index is 0.0418. The van der Waals surface area contributed by atoms with Crippen molar-refractivity contribution >= 4 is 28.0 Å². The molecule has 0 aliphatic carbocycles. The number of rotatable bonds is 5. The molecule has 2 aromatic heterocycles. The molecule has 1 fully saturated rings. The van der Waals surface area contributed by atoms with Gasteiger partial charge in [0.25, 0.3) is 11.5 Å². The van der Waals surface area contributed by atoms with Gasteiger partial charge in [0.15, 0.2) is 6.10 Å². The van der Waals surface area contributed by atoms with Gasteiger partial charge in [-0.25, -0.2) is 4.98 Å². The summed E-state index contributed by atoms with van der Waals surface area (Å²) in [5.74, 6) is 1.27. The Morgan fingerprint density at radius 3 is 2.43 bits per heavy atom. The van der Waals surface area contributed by atoms with E-state index in [4.69, 9.17) is 9.72 Å². The van der Waals surface area contributed by atoms with E-state index in [1.807, 2.05) is 72.2 Å². The summed E-state index contributed by atoms with van der Waals surface area (Å²) in [6.07, 6.45) is -0.570. The number of benzene rings is 2. The zero-order valence-electron chi connectivity index (χ0n) is 20.0. The lowest BCUT2D eigenvalue weighted by Gasteiger charge is -2.36. The van der Waals surface area contributed by atoms with Gasteiger partial charge >= 0.3 is 0 Å². The van der Waals surface area contributed by atoms with Crippen molar-refractivity contribution in [3.05, 3.63) is 76.1 Å². The van der Waals surface area contributed by atoms with Gasteiger partial charge < -0.3 is 14.5 Å². The van der Waals surface area contributed by atoms with Crippen LogP contribution in [-0.4, -0.2) is 57.7 Å². The molecule has 0 saturated carbocycles. The first-order valence-electron chi connectivity index (χ1n) is 11.6. The van der Waals surface area contributed by atoms with E-state index in [2.05, 4.69) is 5.10 Å². The first kappa shape index (κ1) is 23.0. The third-order valence-corrected chi connectivity index (χ3v) is 7.02. The number of piperazine rings is 1. The third-order valence-electron chi connectivity index (χ3n) is 6.06. The smallest absolute Gasteiger partial charge is 0.277 e. The molecule has 180 valence electrons. The Morgan fingerprint density at radius 1 is 1.00 bits per heavy atom. The Labute approximate surface area is 207 Å². The normalized spacial score (nSPS) is 14.8. The number of anilines is 1. The summed E-state index contributed by atoms with van der Waals surface area (Å²) < 4.78 is 7.22. The fourth-order valence-electron chi connectivity index (χ4n) is 4.21. The fraction of sp³-hybridized carbons (Fsp3) is 0.308. The minimum Gasteiger partial charge on any atom is -0.481 e. The number of ether oxygens (including phenoxy) is 1. The number of hydrogen-bond donors (Lipinski definition) is 0. The van der Waals surface area contributed by atoms with Crippen LogP contribution in [0.5, 0.6) is 5.75 Å². The SMILES string of the molecule is Cc1cccc(OC(C)C(=O)N2CCN(c3cc(=O)n4nc(-c5cccc(C)c5)sc4n3)CC2)c1. The highest BCUT2D eigenvalue weighted by Crippen LogP contribution is 2.26. The summed E-state index contributed by atoms with van der Waals surface area (Å²) in [5.41, 5.74) is 2.98. The number of amides is 1. The number of carbonyl (C=O) groups is 1. The van der Waals surface area contributed by atoms with Crippen LogP contribution in [-0.2, 0) is 4.79 Å². The molecule has 1 aliphatic rings. The second-order valence-corrected chi connectivity index (χ2v) is 9.77. The summed E-state index contributed by atoms with van der Waals surface area (Å²) in [6.45, 7) is 8.06. The molecule has 35 heavy (non-hydrogen) atoms. The lowest BCUT2D eigenvalue weighted by molar-refractivity contribution is -0.138. The van der Waals surface area contributed by atoms with Crippen molar-refractivity contribution in [2.45, 2.75) is 26.9 Å². The highest BCUT2D eigenvalue weighted by molar-refractivity contribution is 7.19. The van der Waals surface area contributed by atoms with E-state index in [1.165, 1.54) is 21.9 Å². The molecule has 1 atom stereocenters. The van der Waals surface area contributed by atoms with E-state index in [9.17, 15) is 9.59 Å². The Balaban J connectivity index is 1.27. The Kier molecular flexibility index (Phi) is 6.25. The van der Waals surface area contributed by atoms with Crippen LogP contribution in [0.4, 0.5) is 5.82 Å². The van der Waals surface area contributed by atoms with Gasteiger partial charge in [0.1, 0.15) is 16.6 Å². The summed E-state index contributed by atoms with van der Waals surface area (Å²) in [5, 5.41) is 5.24. The summed E-state index contributed by atoms with van der Waals surface area (Å²) >= 11 is 1.40. The Hall–Kier alpha value is -3.72. The van der Waals surface area contributed by atoms with Crippen molar-refractivity contribution in [3.63, 3.8) is 0 Å².